The van der Waals surface area contributed by atoms with Crippen LogP contribution in [0, 0.1) is 0 Å². The summed E-state index contributed by atoms with van der Waals surface area (Å²) in [5.74, 6) is -0.535. The summed E-state index contributed by atoms with van der Waals surface area (Å²) in [5, 5.41) is 2.24. The number of thioether (sulfide) groups is 1. The molecule has 1 unspecified atom stereocenters. The molecule has 0 saturated carbocycles. The predicted octanol–water partition coefficient (Wildman–Crippen LogP) is 2.65. The fourth-order valence-electron chi connectivity index (χ4n) is 2.86. The van der Waals surface area contributed by atoms with E-state index >= 15 is 0 Å². The number of rotatable bonds is 6. The maximum Gasteiger partial charge on any atom is 0.355 e. The van der Waals surface area contributed by atoms with E-state index in [0.717, 1.165) is 0 Å². The van der Waals surface area contributed by atoms with E-state index in [2.05, 4.69) is 5.32 Å². The maximum absolute atomic E-state index is 12.6. The lowest BCUT2D eigenvalue weighted by Crippen LogP contribution is -2.70. The summed E-state index contributed by atoms with van der Waals surface area (Å²) < 4.78 is 8.65. The molecule has 0 aliphatic carbocycles. The monoisotopic (exact) mass is 478 g/mol. The van der Waals surface area contributed by atoms with Gasteiger partial charge in [-0.25, -0.2) is 4.79 Å². The van der Waals surface area contributed by atoms with Gasteiger partial charge in [0.15, 0.2) is 6.61 Å². The first-order valence-corrected chi connectivity index (χ1v) is 10.7. The van der Waals surface area contributed by atoms with Gasteiger partial charge in [0.25, 0.3) is 11.8 Å². The second-order valence-corrected chi connectivity index (χ2v) is 10.00. The standard InChI is InChI=1S/C18H17Cl3N2O5S/c1-10-8-29-16-13(22-12(24)7-27-11-5-3-2-4-6-11)15(25)23(16)14(10)17(26)28-9-18(19,20)21/h2-6,13,16H,7-9H2,1H3,(H,22,24)/t13?,16-/m1/s1. The van der Waals surface area contributed by atoms with E-state index in [4.69, 9.17) is 44.3 Å². The van der Waals surface area contributed by atoms with Crippen molar-refractivity contribution in [3.8, 4) is 5.75 Å². The summed E-state index contributed by atoms with van der Waals surface area (Å²) in [6.07, 6.45) is 0. The van der Waals surface area contributed by atoms with Gasteiger partial charge in [-0.3, -0.25) is 14.5 Å². The number of carbonyl (C=O) groups excluding carboxylic acids is 3. The Hall–Kier alpha value is -1.61. The third kappa shape index (κ3) is 5.31. The zero-order valence-corrected chi connectivity index (χ0v) is 18.3. The number of nitrogens with zero attached hydrogens (tertiary/aromatic N) is 1. The minimum atomic E-state index is -1.75. The number of amides is 2. The molecule has 1 aromatic rings. The highest BCUT2D eigenvalue weighted by Crippen LogP contribution is 2.40. The van der Waals surface area contributed by atoms with Crippen molar-refractivity contribution in [2.24, 2.45) is 0 Å². The number of para-hydroxylation sites is 1. The van der Waals surface area contributed by atoms with Gasteiger partial charge in [-0.1, -0.05) is 53.0 Å². The average molecular weight is 480 g/mol. The molecule has 2 heterocycles. The van der Waals surface area contributed by atoms with Gasteiger partial charge in [-0.05, 0) is 24.6 Å². The molecule has 2 amide bonds. The van der Waals surface area contributed by atoms with Crippen molar-refractivity contribution >= 4 is 64.3 Å². The summed E-state index contributed by atoms with van der Waals surface area (Å²) in [6, 6.07) is 8.11. The van der Waals surface area contributed by atoms with Crippen molar-refractivity contribution in [3.63, 3.8) is 0 Å². The fraction of sp³-hybridized carbons (Fsp3) is 0.389. The van der Waals surface area contributed by atoms with E-state index in [0.29, 0.717) is 17.1 Å². The number of nitrogens with one attached hydrogen (secondary N) is 1. The summed E-state index contributed by atoms with van der Waals surface area (Å²) in [6.45, 7) is 1.06. The van der Waals surface area contributed by atoms with Crippen molar-refractivity contribution in [2.75, 3.05) is 19.0 Å². The van der Waals surface area contributed by atoms with Crippen LogP contribution in [0.25, 0.3) is 0 Å². The third-order valence-electron chi connectivity index (χ3n) is 4.15. The Bertz CT molecular complexity index is 844. The summed E-state index contributed by atoms with van der Waals surface area (Å²) in [5.41, 5.74) is 0.796. The Labute approximate surface area is 186 Å². The van der Waals surface area contributed by atoms with Gasteiger partial charge in [-0.15, -0.1) is 11.8 Å². The zero-order valence-electron chi connectivity index (χ0n) is 15.2. The van der Waals surface area contributed by atoms with Gasteiger partial charge in [0.2, 0.25) is 3.79 Å². The minimum absolute atomic E-state index is 0.124. The molecule has 2 atom stereocenters. The van der Waals surface area contributed by atoms with Gasteiger partial charge >= 0.3 is 5.97 Å². The normalized spacial score (nSPS) is 21.2. The first kappa shape index (κ1) is 22.1. The van der Waals surface area contributed by atoms with Crippen LogP contribution >= 0.6 is 46.6 Å². The lowest BCUT2D eigenvalue weighted by molar-refractivity contribution is -0.153. The van der Waals surface area contributed by atoms with Crippen molar-refractivity contribution < 1.29 is 23.9 Å². The number of benzene rings is 1. The second kappa shape index (κ2) is 9.04. The zero-order chi connectivity index (χ0) is 21.2. The Morgan fingerprint density at radius 1 is 1.28 bits per heavy atom. The Morgan fingerprint density at radius 3 is 2.62 bits per heavy atom. The molecule has 156 valence electrons. The lowest BCUT2D eigenvalue weighted by Gasteiger charge is -2.49. The van der Waals surface area contributed by atoms with Gasteiger partial charge < -0.3 is 14.8 Å². The molecule has 3 rings (SSSR count). The molecule has 0 spiro atoms. The topological polar surface area (TPSA) is 84.9 Å². The summed E-state index contributed by atoms with van der Waals surface area (Å²) >= 11 is 18.3. The molecule has 0 radical (unpaired) electrons. The van der Waals surface area contributed by atoms with E-state index in [-0.39, 0.29) is 12.3 Å². The minimum Gasteiger partial charge on any atom is -0.484 e. The van der Waals surface area contributed by atoms with Crippen LogP contribution < -0.4 is 10.1 Å². The van der Waals surface area contributed by atoms with Gasteiger partial charge in [0.05, 0.1) is 0 Å². The molecule has 2 aliphatic rings. The number of β-lactam (4-membered cyclic amide) rings is 1. The van der Waals surface area contributed by atoms with Gasteiger partial charge in [0.1, 0.15) is 29.5 Å². The van der Waals surface area contributed by atoms with Crippen LogP contribution in [0.1, 0.15) is 6.92 Å². The van der Waals surface area contributed by atoms with Gasteiger partial charge in [0, 0.05) is 5.75 Å². The molecular formula is C18H17Cl3N2O5S. The maximum atomic E-state index is 12.6. The molecule has 1 saturated heterocycles. The highest BCUT2D eigenvalue weighted by molar-refractivity contribution is 8.00. The molecule has 7 nitrogen and oxygen atoms in total. The highest BCUT2D eigenvalue weighted by Gasteiger charge is 2.54. The van der Waals surface area contributed by atoms with E-state index in [1.165, 1.54) is 16.7 Å². The molecule has 1 N–H and O–H groups in total. The van der Waals surface area contributed by atoms with Crippen LogP contribution in [-0.4, -0.2) is 56.9 Å². The first-order valence-electron chi connectivity index (χ1n) is 8.53. The molecule has 2 aliphatic heterocycles. The van der Waals surface area contributed by atoms with Crippen LogP contribution in [0.4, 0.5) is 0 Å². The highest BCUT2D eigenvalue weighted by atomic mass is 35.6. The summed E-state index contributed by atoms with van der Waals surface area (Å²) in [7, 11) is 0. The predicted molar refractivity (Wildman–Crippen MR) is 111 cm³/mol. The SMILES string of the molecule is CC1=C(C(=O)OCC(Cl)(Cl)Cl)N2C(=O)C(NC(=O)COc3ccccc3)[C@H]2SC1. The molecule has 11 heteroatoms. The molecule has 0 aromatic heterocycles. The van der Waals surface area contributed by atoms with E-state index in [9.17, 15) is 14.4 Å². The van der Waals surface area contributed by atoms with Crippen LogP contribution in [0.2, 0.25) is 0 Å². The average Bonchev–Trinajstić information content (AvgIpc) is 2.68. The first-order chi connectivity index (χ1) is 13.7. The van der Waals surface area contributed by atoms with Crippen LogP contribution in [0.3, 0.4) is 0 Å². The summed E-state index contributed by atoms with van der Waals surface area (Å²) in [4.78, 5) is 38.5. The quantitative estimate of drug-likeness (QED) is 0.384. The molecule has 1 aromatic carbocycles. The molecule has 0 bridgehead atoms. The molecule has 29 heavy (non-hydrogen) atoms. The number of carbonyl (C=O) groups is 3. The Balaban J connectivity index is 1.59. The second-order valence-electron chi connectivity index (χ2n) is 6.38. The van der Waals surface area contributed by atoms with E-state index < -0.39 is 39.6 Å². The Kier molecular flexibility index (Phi) is 6.88. The van der Waals surface area contributed by atoms with Crippen molar-refractivity contribution in [3.05, 3.63) is 41.6 Å². The number of alkyl halides is 3. The molecule has 1 fully saturated rings. The largest absolute Gasteiger partial charge is 0.484 e. The number of hydrogen-bond donors (Lipinski definition) is 1. The van der Waals surface area contributed by atoms with Crippen LogP contribution in [0.15, 0.2) is 41.6 Å². The Morgan fingerprint density at radius 2 is 1.97 bits per heavy atom. The van der Waals surface area contributed by atoms with Crippen molar-refractivity contribution in [1.82, 2.24) is 10.2 Å². The van der Waals surface area contributed by atoms with E-state index in [1.807, 2.05) is 6.07 Å². The smallest absolute Gasteiger partial charge is 0.355 e. The van der Waals surface area contributed by atoms with Crippen LogP contribution in [0.5, 0.6) is 5.75 Å². The number of halogens is 3. The molecular weight excluding hydrogens is 463 g/mol. The lowest BCUT2D eigenvalue weighted by atomic mass is 10.0. The van der Waals surface area contributed by atoms with Gasteiger partial charge in [-0.2, -0.15) is 0 Å². The van der Waals surface area contributed by atoms with E-state index in [1.54, 1.807) is 31.2 Å². The number of ether oxygens (including phenoxy) is 2. The third-order valence-corrected chi connectivity index (χ3v) is 5.90. The fourth-order valence-corrected chi connectivity index (χ4v) is 4.32. The van der Waals surface area contributed by atoms with Crippen molar-refractivity contribution in [1.29, 1.82) is 0 Å². The number of esters is 1. The van der Waals surface area contributed by atoms with Crippen molar-refractivity contribution in [2.45, 2.75) is 22.1 Å². The van der Waals surface area contributed by atoms with Crippen LogP contribution in [-0.2, 0) is 19.1 Å². The number of fused-ring (bicyclic) bond motifs is 1. The number of hydrogen-bond acceptors (Lipinski definition) is 6.